The van der Waals surface area contributed by atoms with Gasteiger partial charge in [0.1, 0.15) is 5.82 Å². The van der Waals surface area contributed by atoms with Crippen molar-refractivity contribution in [3.05, 3.63) is 109 Å². The molecule has 0 amide bonds. The van der Waals surface area contributed by atoms with Crippen LogP contribution in [0.2, 0.25) is 0 Å². The molecule has 3 aromatic carbocycles. The zero-order valence-electron chi connectivity index (χ0n) is 22.7. The van der Waals surface area contributed by atoms with Crippen LogP contribution in [0, 0.1) is 0 Å². The first kappa shape index (κ1) is 27.5. The van der Waals surface area contributed by atoms with Gasteiger partial charge in [0.05, 0.1) is 22.5 Å². The van der Waals surface area contributed by atoms with E-state index in [1.807, 2.05) is 67.6 Å². The highest BCUT2D eigenvalue weighted by Gasteiger charge is 2.17. The molecule has 5 aromatic rings. The first-order chi connectivity index (χ1) is 19.9. The van der Waals surface area contributed by atoms with Gasteiger partial charge in [-0.1, -0.05) is 60.7 Å². The molecule has 0 spiro atoms. The third-order valence-electron chi connectivity index (χ3n) is 6.27. The highest BCUT2D eigenvalue weighted by molar-refractivity contribution is 7.90. The molecule has 2 aromatic heterocycles. The van der Waals surface area contributed by atoms with Crippen LogP contribution in [0.5, 0.6) is 0 Å². The van der Waals surface area contributed by atoms with Crippen LogP contribution in [0.4, 0.5) is 23.3 Å². The molecule has 0 atom stereocenters. The third kappa shape index (κ3) is 7.14. The molecule has 0 radical (unpaired) electrons. The van der Waals surface area contributed by atoms with Crippen molar-refractivity contribution >= 4 is 38.8 Å². The van der Waals surface area contributed by atoms with Gasteiger partial charge in [-0.05, 0) is 42.3 Å². The number of benzene rings is 3. The lowest BCUT2D eigenvalue weighted by molar-refractivity contribution is 0.602. The zero-order chi connectivity index (χ0) is 28.7. The molecule has 208 valence electrons. The Kier molecular flexibility index (Phi) is 8.35. The van der Waals surface area contributed by atoms with Crippen molar-refractivity contribution in [1.29, 1.82) is 0 Å². The second kappa shape index (κ2) is 12.4. The number of nitrogens with one attached hydrogen (secondary N) is 4. The average Bonchev–Trinajstić information content (AvgIpc) is 3.50. The Balaban J connectivity index is 1.52. The van der Waals surface area contributed by atoms with Gasteiger partial charge in [0.15, 0.2) is 15.7 Å². The van der Waals surface area contributed by atoms with Crippen molar-refractivity contribution in [3.8, 4) is 11.1 Å². The first-order valence-electron chi connectivity index (χ1n) is 13.0. The van der Waals surface area contributed by atoms with Gasteiger partial charge in [-0.15, -0.1) is 0 Å². The number of H-pyrrole nitrogens is 1. The summed E-state index contributed by atoms with van der Waals surface area (Å²) in [5.41, 5.74) is 8.12. The van der Waals surface area contributed by atoms with E-state index in [0.29, 0.717) is 29.8 Å². The van der Waals surface area contributed by atoms with E-state index in [2.05, 4.69) is 31.1 Å². The molecule has 4 N–H and O–H groups in total. The molecule has 0 unspecified atom stereocenters. The largest absolute Gasteiger partial charge is 0.369 e. The molecule has 0 saturated heterocycles. The van der Waals surface area contributed by atoms with E-state index >= 15 is 0 Å². The quantitative estimate of drug-likeness (QED) is 0.121. The summed E-state index contributed by atoms with van der Waals surface area (Å²) >= 11 is 0. The normalized spacial score (nSPS) is 11.7. The van der Waals surface area contributed by atoms with Crippen LogP contribution in [0.15, 0.2) is 107 Å². The van der Waals surface area contributed by atoms with Gasteiger partial charge in [-0.25, -0.2) is 13.4 Å². The predicted octanol–water partition coefficient (Wildman–Crippen LogP) is 5.50. The summed E-state index contributed by atoms with van der Waals surface area (Å²) in [5, 5.41) is 11.4. The van der Waals surface area contributed by atoms with Crippen LogP contribution in [0.25, 0.3) is 11.1 Å². The lowest BCUT2D eigenvalue weighted by Gasteiger charge is -2.17. The summed E-state index contributed by atoms with van der Waals surface area (Å²) < 4.78 is 23.7. The first-order valence-corrected chi connectivity index (χ1v) is 14.9. The fourth-order valence-corrected chi connectivity index (χ4v) is 4.77. The summed E-state index contributed by atoms with van der Waals surface area (Å²) in [6, 6.07) is 26.2. The van der Waals surface area contributed by atoms with Gasteiger partial charge >= 0.3 is 0 Å². The van der Waals surface area contributed by atoms with Gasteiger partial charge in [-0.2, -0.15) is 15.1 Å². The molecular formula is C30H30N8O2S. The number of hydrazone groups is 1. The molecule has 10 nitrogen and oxygen atoms in total. The van der Waals surface area contributed by atoms with E-state index in [1.165, 1.54) is 6.26 Å². The minimum absolute atomic E-state index is 0.256. The van der Waals surface area contributed by atoms with E-state index in [9.17, 15) is 8.42 Å². The number of sulfone groups is 1. The molecule has 0 aliphatic heterocycles. The average molecular weight is 567 g/mol. The predicted molar refractivity (Wildman–Crippen MR) is 163 cm³/mol. The standard InChI is InChI=1S/C30H30N8O2S/c1-21(22-13-15-26(16-14-22)41(2,39)40)37-38-29-27(23-9-5-3-6-10-23)28(32-18-17-25-19-31-20-33-25)35-30(36-29)34-24-11-7-4-8-12-24/h3-16,19-20H,17-18H2,1-2H3,(H,31,33)(H3,32,34,35,36,38). The number of rotatable bonds is 11. The number of anilines is 4. The van der Waals surface area contributed by atoms with Gasteiger partial charge in [0, 0.05) is 36.8 Å². The summed E-state index contributed by atoms with van der Waals surface area (Å²) in [4.78, 5) is 17.1. The van der Waals surface area contributed by atoms with Gasteiger partial charge < -0.3 is 15.6 Å². The maximum atomic E-state index is 11.9. The van der Waals surface area contributed by atoms with Crippen molar-refractivity contribution in [2.24, 2.45) is 5.10 Å². The van der Waals surface area contributed by atoms with Gasteiger partial charge in [0.2, 0.25) is 5.95 Å². The molecule has 5 rings (SSSR count). The zero-order valence-corrected chi connectivity index (χ0v) is 23.5. The van der Waals surface area contributed by atoms with Crippen LogP contribution in [0.3, 0.4) is 0 Å². The third-order valence-corrected chi connectivity index (χ3v) is 7.40. The monoisotopic (exact) mass is 566 g/mol. The van der Waals surface area contributed by atoms with E-state index in [4.69, 9.17) is 9.97 Å². The molecule has 0 bridgehead atoms. The highest BCUT2D eigenvalue weighted by Crippen LogP contribution is 2.34. The van der Waals surface area contributed by atoms with Crippen molar-refractivity contribution in [2.75, 3.05) is 28.9 Å². The number of para-hydroxylation sites is 1. The number of hydrogen-bond donors (Lipinski definition) is 4. The lowest BCUT2D eigenvalue weighted by atomic mass is 10.1. The summed E-state index contributed by atoms with van der Waals surface area (Å²) in [6.45, 7) is 2.46. The van der Waals surface area contributed by atoms with E-state index in [1.54, 1.807) is 36.8 Å². The Morgan fingerprint density at radius 2 is 1.59 bits per heavy atom. The Morgan fingerprint density at radius 3 is 2.24 bits per heavy atom. The van der Waals surface area contributed by atoms with Crippen molar-refractivity contribution < 1.29 is 8.42 Å². The number of nitrogens with zero attached hydrogens (tertiary/aromatic N) is 4. The Morgan fingerprint density at radius 1 is 0.902 bits per heavy atom. The molecular weight excluding hydrogens is 536 g/mol. The highest BCUT2D eigenvalue weighted by atomic mass is 32.2. The van der Waals surface area contributed by atoms with Gasteiger partial charge in [0.25, 0.3) is 0 Å². The van der Waals surface area contributed by atoms with Crippen LogP contribution in [-0.2, 0) is 16.3 Å². The Bertz CT molecular complexity index is 1720. The number of aromatic nitrogens is 4. The summed E-state index contributed by atoms with van der Waals surface area (Å²) in [5.74, 6) is 1.53. The van der Waals surface area contributed by atoms with E-state index in [-0.39, 0.29) is 4.90 Å². The summed E-state index contributed by atoms with van der Waals surface area (Å²) in [7, 11) is -3.29. The molecule has 11 heteroatoms. The molecule has 0 aliphatic rings. The maximum absolute atomic E-state index is 11.9. The van der Waals surface area contributed by atoms with Crippen LogP contribution >= 0.6 is 0 Å². The van der Waals surface area contributed by atoms with Crippen LogP contribution < -0.4 is 16.1 Å². The van der Waals surface area contributed by atoms with Crippen molar-refractivity contribution in [3.63, 3.8) is 0 Å². The smallest absolute Gasteiger partial charge is 0.231 e. The molecule has 0 saturated carbocycles. The van der Waals surface area contributed by atoms with E-state index < -0.39 is 9.84 Å². The Labute approximate surface area is 238 Å². The van der Waals surface area contributed by atoms with E-state index in [0.717, 1.165) is 34.5 Å². The maximum Gasteiger partial charge on any atom is 0.231 e. The number of aromatic amines is 1. The van der Waals surface area contributed by atoms with Crippen LogP contribution in [0.1, 0.15) is 18.2 Å². The second-order valence-electron chi connectivity index (χ2n) is 9.34. The minimum Gasteiger partial charge on any atom is -0.369 e. The number of hydrogen-bond acceptors (Lipinski definition) is 9. The Hall–Kier alpha value is -5.03. The topological polar surface area (TPSA) is 137 Å². The molecule has 2 heterocycles. The minimum atomic E-state index is -3.29. The fraction of sp³-hybridized carbons (Fsp3) is 0.133. The fourth-order valence-electron chi connectivity index (χ4n) is 4.14. The molecule has 0 fully saturated rings. The molecule has 0 aliphatic carbocycles. The molecule has 41 heavy (non-hydrogen) atoms. The second-order valence-corrected chi connectivity index (χ2v) is 11.4. The SMILES string of the molecule is CC(=NNc1nc(Nc2ccccc2)nc(NCCc2cnc[nH]2)c1-c1ccccc1)c1ccc(S(C)(=O)=O)cc1. The summed E-state index contributed by atoms with van der Waals surface area (Å²) in [6.07, 6.45) is 5.37. The van der Waals surface area contributed by atoms with Gasteiger partial charge in [-0.3, -0.25) is 5.43 Å². The lowest BCUT2D eigenvalue weighted by Crippen LogP contribution is -2.12. The van der Waals surface area contributed by atoms with Crippen molar-refractivity contribution in [1.82, 2.24) is 19.9 Å². The number of imidazole rings is 1. The van der Waals surface area contributed by atoms with Crippen molar-refractivity contribution in [2.45, 2.75) is 18.2 Å². The van der Waals surface area contributed by atoms with Crippen LogP contribution in [-0.4, -0.2) is 46.9 Å².